The van der Waals surface area contributed by atoms with Crippen LogP contribution in [0.2, 0.25) is 0 Å². The predicted molar refractivity (Wildman–Crippen MR) is 74.8 cm³/mol. The predicted octanol–water partition coefficient (Wildman–Crippen LogP) is 4.17. The second kappa shape index (κ2) is 5.05. The lowest BCUT2D eigenvalue weighted by molar-refractivity contribution is 0.0613. The van der Waals surface area contributed by atoms with E-state index in [2.05, 4.69) is 46.1 Å². The van der Waals surface area contributed by atoms with Gasteiger partial charge in [-0.2, -0.15) is 0 Å². The summed E-state index contributed by atoms with van der Waals surface area (Å²) >= 11 is 0. The molecule has 1 aliphatic rings. The molecule has 0 atom stereocenters. The summed E-state index contributed by atoms with van der Waals surface area (Å²) in [5, 5.41) is 10.9. The Morgan fingerprint density at radius 1 is 1.35 bits per heavy atom. The molecule has 17 heavy (non-hydrogen) atoms. The lowest BCUT2D eigenvalue weighted by Gasteiger charge is -2.41. The molecule has 1 heteroatoms. The third-order valence-corrected chi connectivity index (χ3v) is 3.50. The molecule has 0 aliphatic heterocycles. The average Bonchev–Trinajstić information content (AvgIpc) is 2.15. The van der Waals surface area contributed by atoms with Crippen LogP contribution in [-0.4, -0.2) is 10.7 Å². The van der Waals surface area contributed by atoms with Crippen LogP contribution in [0.15, 0.2) is 48.6 Å². The lowest BCUT2D eigenvalue weighted by Crippen LogP contribution is -2.39. The molecule has 0 fully saturated rings. The Kier molecular flexibility index (Phi) is 4.16. The highest BCUT2D eigenvalue weighted by Gasteiger charge is 2.40. The number of hydrogen-bond acceptors (Lipinski definition) is 1. The normalized spacial score (nSPS) is 19.3. The Morgan fingerprint density at radius 2 is 1.88 bits per heavy atom. The Bertz CT molecular complexity index is 359. The molecule has 0 aromatic carbocycles. The fraction of sp³-hybridized carbons (Fsp3) is 0.500. The van der Waals surface area contributed by atoms with Crippen molar-refractivity contribution in [3.8, 4) is 0 Å². The van der Waals surface area contributed by atoms with Crippen LogP contribution < -0.4 is 0 Å². The highest BCUT2D eigenvalue weighted by Crippen LogP contribution is 2.45. The zero-order chi connectivity index (χ0) is 13.1. The first-order chi connectivity index (χ1) is 7.87. The first-order valence-electron chi connectivity index (χ1n) is 6.20. The molecule has 1 nitrogen and oxygen atoms in total. The molecule has 0 bridgehead atoms. The van der Waals surface area contributed by atoms with Crippen molar-refractivity contribution in [2.24, 2.45) is 5.41 Å². The first-order valence-corrected chi connectivity index (χ1v) is 6.20. The van der Waals surface area contributed by atoms with Crippen LogP contribution in [-0.2, 0) is 0 Å². The molecule has 0 heterocycles. The third kappa shape index (κ3) is 2.78. The Labute approximate surface area is 105 Å². The van der Waals surface area contributed by atoms with E-state index in [4.69, 9.17) is 0 Å². The van der Waals surface area contributed by atoms with Crippen molar-refractivity contribution in [1.29, 1.82) is 0 Å². The highest BCUT2D eigenvalue weighted by atomic mass is 16.3. The van der Waals surface area contributed by atoms with E-state index in [0.29, 0.717) is 12.8 Å². The third-order valence-electron chi connectivity index (χ3n) is 3.50. The second-order valence-corrected chi connectivity index (χ2v) is 5.57. The summed E-state index contributed by atoms with van der Waals surface area (Å²) in [4.78, 5) is 0. The van der Waals surface area contributed by atoms with Crippen LogP contribution >= 0.6 is 0 Å². The van der Waals surface area contributed by atoms with Crippen molar-refractivity contribution < 1.29 is 5.11 Å². The van der Waals surface area contributed by atoms with Gasteiger partial charge < -0.3 is 5.11 Å². The molecule has 0 aromatic rings. The van der Waals surface area contributed by atoms with Gasteiger partial charge in [0.25, 0.3) is 0 Å². The second-order valence-electron chi connectivity index (χ2n) is 5.57. The van der Waals surface area contributed by atoms with E-state index in [1.807, 2.05) is 0 Å². The number of aliphatic hydroxyl groups is 1. The van der Waals surface area contributed by atoms with Gasteiger partial charge in [-0.05, 0) is 42.7 Å². The summed E-state index contributed by atoms with van der Waals surface area (Å²) in [7, 11) is 0. The largest absolute Gasteiger partial charge is 0.385 e. The fourth-order valence-corrected chi connectivity index (χ4v) is 3.01. The monoisotopic (exact) mass is 232 g/mol. The molecular formula is C16H24O. The molecule has 0 saturated heterocycles. The van der Waals surface area contributed by atoms with Crippen molar-refractivity contribution >= 4 is 0 Å². The fourth-order valence-electron chi connectivity index (χ4n) is 3.01. The molecule has 0 saturated carbocycles. The van der Waals surface area contributed by atoms with Crippen LogP contribution in [0.4, 0.5) is 0 Å². The summed E-state index contributed by atoms with van der Waals surface area (Å²) in [6, 6.07) is 0. The zero-order valence-corrected chi connectivity index (χ0v) is 11.3. The molecule has 1 N–H and O–H groups in total. The quantitative estimate of drug-likeness (QED) is 0.705. The van der Waals surface area contributed by atoms with Crippen LogP contribution in [0, 0.1) is 5.41 Å². The maximum atomic E-state index is 10.9. The summed E-state index contributed by atoms with van der Waals surface area (Å²) in [5.74, 6) is 0. The van der Waals surface area contributed by atoms with Gasteiger partial charge in [0.2, 0.25) is 0 Å². The van der Waals surface area contributed by atoms with Gasteiger partial charge in [-0.25, -0.2) is 0 Å². The smallest absolute Gasteiger partial charge is 0.0935 e. The van der Waals surface area contributed by atoms with Crippen LogP contribution in [0.3, 0.4) is 0 Å². The van der Waals surface area contributed by atoms with Gasteiger partial charge in [0, 0.05) is 0 Å². The topological polar surface area (TPSA) is 20.2 Å². The average molecular weight is 232 g/mol. The Hall–Kier alpha value is -1.08. The van der Waals surface area contributed by atoms with Crippen LogP contribution in [0.1, 0.15) is 40.0 Å². The van der Waals surface area contributed by atoms with Crippen LogP contribution in [0.5, 0.6) is 0 Å². The minimum Gasteiger partial charge on any atom is -0.385 e. The van der Waals surface area contributed by atoms with Crippen molar-refractivity contribution in [3.63, 3.8) is 0 Å². The molecule has 1 rings (SSSR count). The summed E-state index contributed by atoms with van der Waals surface area (Å²) < 4.78 is 0. The van der Waals surface area contributed by atoms with Gasteiger partial charge >= 0.3 is 0 Å². The van der Waals surface area contributed by atoms with E-state index in [-0.39, 0.29) is 5.41 Å². The molecule has 0 aromatic heterocycles. The Balaban J connectivity index is 3.28. The van der Waals surface area contributed by atoms with E-state index in [9.17, 15) is 5.11 Å². The minimum atomic E-state index is -0.832. The van der Waals surface area contributed by atoms with E-state index in [1.54, 1.807) is 12.2 Å². The minimum absolute atomic E-state index is 0.000394. The van der Waals surface area contributed by atoms with Crippen molar-refractivity contribution in [3.05, 3.63) is 48.6 Å². The maximum Gasteiger partial charge on any atom is 0.0935 e. The van der Waals surface area contributed by atoms with E-state index >= 15 is 0 Å². The molecule has 0 spiro atoms. The lowest BCUT2D eigenvalue weighted by atomic mass is 9.66. The first kappa shape index (κ1) is 14.0. The number of allylic oxidation sites excluding steroid dienone is 3. The number of hydrogen-bond donors (Lipinski definition) is 1. The SMILES string of the molecule is C=CCC(O)(CC=C)C1=C(C)C=CCC1(C)C. The molecule has 0 amide bonds. The molecule has 0 unspecified atom stereocenters. The standard InChI is InChI=1S/C16H24O/c1-6-10-16(17,11-7-2)14-13(3)9-8-12-15(14,4)5/h6-9,17H,1-2,10-12H2,3-5H3. The zero-order valence-electron chi connectivity index (χ0n) is 11.3. The van der Waals surface area contributed by atoms with E-state index in [1.165, 1.54) is 5.57 Å². The van der Waals surface area contributed by atoms with Crippen molar-refractivity contribution in [2.75, 3.05) is 0 Å². The van der Waals surface area contributed by atoms with Gasteiger partial charge in [-0.3, -0.25) is 0 Å². The molecular weight excluding hydrogens is 208 g/mol. The van der Waals surface area contributed by atoms with Gasteiger partial charge in [0.15, 0.2) is 0 Å². The van der Waals surface area contributed by atoms with Gasteiger partial charge in [0.1, 0.15) is 0 Å². The molecule has 1 aliphatic carbocycles. The van der Waals surface area contributed by atoms with E-state index < -0.39 is 5.60 Å². The van der Waals surface area contributed by atoms with Crippen molar-refractivity contribution in [2.45, 2.75) is 45.6 Å². The molecule has 0 radical (unpaired) electrons. The summed E-state index contributed by atoms with van der Waals surface area (Å²) in [6.07, 6.45) is 9.98. The summed E-state index contributed by atoms with van der Waals surface area (Å²) in [5.41, 5.74) is 1.47. The van der Waals surface area contributed by atoms with Gasteiger partial charge in [-0.15, -0.1) is 13.2 Å². The van der Waals surface area contributed by atoms with Gasteiger partial charge in [-0.1, -0.05) is 38.2 Å². The highest BCUT2D eigenvalue weighted by molar-refractivity contribution is 5.39. The van der Waals surface area contributed by atoms with Crippen molar-refractivity contribution in [1.82, 2.24) is 0 Å². The molecule has 94 valence electrons. The number of rotatable bonds is 5. The van der Waals surface area contributed by atoms with Crippen LogP contribution in [0.25, 0.3) is 0 Å². The summed E-state index contributed by atoms with van der Waals surface area (Å²) in [6.45, 7) is 14.0. The Morgan fingerprint density at radius 3 is 2.29 bits per heavy atom. The van der Waals surface area contributed by atoms with E-state index in [0.717, 1.165) is 12.0 Å². The maximum absolute atomic E-state index is 10.9. The van der Waals surface area contributed by atoms with Gasteiger partial charge in [0.05, 0.1) is 5.60 Å².